The number of carbonyl (C=O) groups excluding carboxylic acids is 2. The molecule has 166 valence electrons. The lowest BCUT2D eigenvalue weighted by Crippen LogP contribution is -2.30. The summed E-state index contributed by atoms with van der Waals surface area (Å²) in [4.78, 5) is 22.9. The van der Waals surface area contributed by atoms with Crippen LogP contribution in [0.5, 0.6) is 0 Å². The molecule has 2 aromatic heterocycles. The third kappa shape index (κ3) is 8.51. The van der Waals surface area contributed by atoms with E-state index in [2.05, 4.69) is 31.1 Å². The van der Waals surface area contributed by atoms with Crippen LogP contribution in [0.3, 0.4) is 0 Å². The van der Waals surface area contributed by atoms with Crippen molar-refractivity contribution >= 4 is 38.3 Å². The molecule has 0 radical (unpaired) electrons. The lowest BCUT2D eigenvalue weighted by atomic mass is 10.1. The Morgan fingerprint density at radius 2 is 2.00 bits per heavy atom. The Labute approximate surface area is 178 Å². The van der Waals surface area contributed by atoms with Gasteiger partial charge in [0.2, 0.25) is 21.3 Å². The predicted octanol–water partition coefficient (Wildman–Crippen LogP) is 0.433. The maximum atomic E-state index is 11.9. The van der Waals surface area contributed by atoms with Crippen LogP contribution in [0.4, 0.5) is 5.13 Å². The number of nitrogens with zero attached hydrogens (tertiary/aromatic N) is 5. The molecule has 0 aliphatic rings. The maximum absolute atomic E-state index is 11.9. The molecule has 14 heteroatoms. The quantitative estimate of drug-likeness (QED) is 0.303. The molecular weight excluding hydrogens is 432 g/mol. The first-order chi connectivity index (χ1) is 14.1. The molecule has 0 bridgehead atoms. The van der Waals surface area contributed by atoms with Crippen LogP contribution < -0.4 is 15.8 Å². The van der Waals surface area contributed by atoms with Gasteiger partial charge in [0, 0.05) is 32.1 Å². The third-order valence-corrected chi connectivity index (χ3v) is 6.19. The second-order valence-corrected chi connectivity index (χ2v) is 9.60. The van der Waals surface area contributed by atoms with Crippen molar-refractivity contribution in [2.45, 2.75) is 69.3 Å². The average Bonchev–Trinajstić information content (AvgIpc) is 3.27. The van der Waals surface area contributed by atoms with Gasteiger partial charge in [0.25, 0.3) is 10.0 Å². The Kier molecular flexibility index (Phi) is 8.80. The number of aromatic nitrogens is 5. The Bertz CT molecular complexity index is 956. The minimum Gasteiger partial charge on any atom is -0.354 e. The number of sulfonamides is 1. The summed E-state index contributed by atoms with van der Waals surface area (Å²) in [5.41, 5.74) is 0.793. The van der Waals surface area contributed by atoms with Crippen LogP contribution in [0, 0.1) is 0 Å². The Hall–Kier alpha value is -2.45. The fraction of sp³-hybridized carbons (Fsp3) is 0.625. The number of rotatable bonds is 12. The zero-order valence-electron chi connectivity index (χ0n) is 16.9. The highest BCUT2D eigenvalue weighted by atomic mass is 32.2. The predicted molar refractivity (Wildman–Crippen MR) is 110 cm³/mol. The second kappa shape index (κ2) is 11.1. The molecule has 12 nitrogen and oxygen atoms in total. The fourth-order valence-corrected chi connectivity index (χ4v) is 4.04. The number of aryl methyl sites for hydroxylation is 2. The molecule has 1 unspecified atom stereocenters. The van der Waals surface area contributed by atoms with Gasteiger partial charge in [-0.15, -0.1) is 15.3 Å². The van der Waals surface area contributed by atoms with Gasteiger partial charge in [-0.1, -0.05) is 16.6 Å². The van der Waals surface area contributed by atoms with E-state index in [1.807, 2.05) is 13.1 Å². The van der Waals surface area contributed by atoms with E-state index in [0.717, 1.165) is 31.5 Å². The standard InChI is InChI=1S/C16H26N8O4S2/c1-11(18-12(2)25)6-3-4-9-24-10-13(20-23-24)7-5-8-14(26)19-15-21-22-16(29-15)30(17,27)28/h10-11H,3-9H2,1-2H3,(H,18,25)(H2,17,27,28)(H,19,21,26). The van der Waals surface area contributed by atoms with Gasteiger partial charge in [-0.2, -0.15) is 0 Å². The summed E-state index contributed by atoms with van der Waals surface area (Å²) >= 11 is 0.702. The van der Waals surface area contributed by atoms with E-state index >= 15 is 0 Å². The molecule has 0 saturated heterocycles. The molecule has 0 aromatic carbocycles. The Balaban J connectivity index is 1.65. The van der Waals surface area contributed by atoms with Crippen molar-refractivity contribution < 1.29 is 18.0 Å². The summed E-state index contributed by atoms with van der Waals surface area (Å²) < 4.78 is 23.7. The maximum Gasteiger partial charge on any atom is 0.267 e. The van der Waals surface area contributed by atoms with E-state index in [1.165, 1.54) is 6.92 Å². The molecule has 1 atom stereocenters. The number of nitrogens with one attached hydrogen (secondary N) is 2. The summed E-state index contributed by atoms with van der Waals surface area (Å²) in [6, 6.07) is 0.159. The molecule has 2 rings (SSSR count). The van der Waals surface area contributed by atoms with Crippen LogP contribution in [0.25, 0.3) is 0 Å². The molecule has 30 heavy (non-hydrogen) atoms. The first-order valence-corrected chi connectivity index (χ1v) is 11.8. The molecular formula is C16H26N8O4S2. The van der Waals surface area contributed by atoms with Gasteiger partial charge in [0.15, 0.2) is 0 Å². The molecule has 0 aliphatic carbocycles. The Morgan fingerprint density at radius 1 is 1.23 bits per heavy atom. The zero-order valence-corrected chi connectivity index (χ0v) is 18.5. The fourth-order valence-electron chi connectivity index (χ4n) is 2.69. The third-order valence-electron chi connectivity index (χ3n) is 4.04. The van der Waals surface area contributed by atoms with Crippen LogP contribution in [-0.4, -0.2) is 51.5 Å². The number of hydrogen-bond donors (Lipinski definition) is 3. The molecule has 0 aliphatic heterocycles. The average molecular weight is 459 g/mol. The summed E-state index contributed by atoms with van der Waals surface area (Å²) in [6.07, 6.45) is 6.03. The summed E-state index contributed by atoms with van der Waals surface area (Å²) in [5.74, 6) is -0.318. The molecule has 0 saturated carbocycles. The van der Waals surface area contributed by atoms with Crippen molar-refractivity contribution in [1.82, 2.24) is 30.5 Å². The normalized spacial score (nSPS) is 12.5. The van der Waals surface area contributed by atoms with Crippen LogP contribution >= 0.6 is 11.3 Å². The van der Waals surface area contributed by atoms with E-state index in [4.69, 9.17) is 5.14 Å². The van der Waals surface area contributed by atoms with Gasteiger partial charge in [0.05, 0.1) is 5.69 Å². The van der Waals surface area contributed by atoms with Crippen molar-refractivity contribution in [3.63, 3.8) is 0 Å². The van der Waals surface area contributed by atoms with Gasteiger partial charge in [0.1, 0.15) is 0 Å². The van der Waals surface area contributed by atoms with E-state index in [1.54, 1.807) is 4.68 Å². The topological polar surface area (TPSA) is 175 Å². The smallest absolute Gasteiger partial charge is 0.267 e. The van der Waals surface area contributed by atoms with E-state index in [-0.39, 0.29) is 33.7 Å². The van der Waals surface area contributed by atoms with Crippen molar-refractivity contribution in [3.8, 4) is 0 Å². The molecule has 2 amide bonds. The molecule has 4 N–H and O–H groups in total. The molecule has 2 heterocycles. The number of anilines is 1. The minimum absolute atomic E-state index is 0.0197. The largest absolute Gasteiger partial charge is 0.354 e. The zero-order chi connectivity index (χ0) is 22.1. The van der Waals surface area contributed by atoms with Crippen molar-refractivity contribution in [2.24, 2.45) is 5.14 Å². The number of hydrogen-bond acceptors (Lipinski definition) is 9. The first-order valence-electron chi connectivity index (χ1n) is 9.45. The Morgan fingerprint density at radius 3 is 2.67 bits per heavy atom. The van der Waals surface area contributed by atoms with Crippen LogP contribution in [0.15, 0.2) is 10.5 Å². The summed E-state index contributed by atoms with van der Waals surface area (Å²) in [5, 5.41) is 25.6. The number of nitrogens with two attached hydrogens (primary N) is 1. The molecule has 2 aromatic rings. The minimum atomic E-state index is -3.93. The number of unbranched alkanes of at least 4 members (excludes halogenated alkanes) is 1. The van der Waals surface area contributed by atoms with Crippen LogP contribution in [0.2, 0.25) is 0 Å². The van der Waals surface area contributed by atoms with E-state index in [0.29, 0.717) is 24.2 Å². The highest BCUT2D eigenvalue weighted by molar-refractivity contribution is 7.91. The number of amides is 2. The SMILES string of the molecule is CC(=O)NC(C)CCCCn1cc(CCCC(=O)Nc2nnc(S(N)(=O)=O)s2)nn1. The summed E-state index contributed by atoms with van der Waals surface area (Å²) in [7, 11) is -3.93. The number of primary sulfonamides is 1. The van der Waals surface area contributed by atoms with Gasteiger partial charge in [-0.25, -0.2) is 13.6 Å². The lowest BCUT2D eigenvalue weighted by molar-refractivity contribution is -0.119. The summed E-state index contributed by atoms with van der Waals surface area (Å²) in [6.45, 7) is 4.23. The highest BCUT2D eigenvalue weighted by Crippen LogP contribution is 2.18. The van der Waals surface area contributed by atoms with E-state index in [9.17, 15) is 18.0 Å². The van der Waals surface area contributed by atoms with Gasteiger partial charge < -0.3 is 10.6 Å². The highest BCUT2D eigenvalue weighted by Gasteiger charge is 2.16. The van der Waals surface area contributed by atoms with E-state index < -0.39 is 10.0 Å². The first kappa shape index (κ1) is 23.8. The van der Waals surface area contributed by atoms with Crippen molar-refractivity contribution in [2.75, 3.05) is 5.32 Å². The van der Waals surface area contributed by atoms with Crippen molar-refractivity contribution in [1.29, 1.82) is 0 Å². The van der Waals surface area contributed by atoms with Gasteiger partial charge in [-0.3, -0.25) is 14.3 Å². The monoisotopic (exact) mass is 458 g/mol. The molecule has 0 spiro atoms. The van der Waals surface area contributed by atoms with Gasteiger partial charge >= 0.3 is 0 Å². The second-order valence-electron chi connectivity index (χ2n) is 6.89. The lowest BCUT2D eigenvalue weighted by Gasteiger charge is -2.11. The van der Waals surface area contributed by atoms with Crippen molar-refractivity contribution in [3.05, 3.63) is 11.9 Å². The van der Waals surface area contributed by atoms with Crippen LogP contribution in [0.1, 0.15) is 51.6 Å². The van der Waals surface area contributed by atoms with Crippen LogP contribution in [-0.2, 0) is 32.6 Å². The van der Waals surface area contributed by atoms with Gasteiger partial charge in [-0.05, 0) is 39.0 Å². The number of carbonyl (C=O) groups is 2. The molecule has 0 fully saturated rings.